The summed E-state index contributed by atoms with van der Waals surface area (Å²) < 4.78 is 18.5. The lowest BCUT2D eigenvalue weighted by Crippen LogP contribution is -2.36. The Labute approximate surface area is 250 Å². The van der Waals surface area contributed by atoms with Gasteiger partial charge in [0.2, 0.25) is 11.9 Å². The van der Waals surface area contributed by atoms with E-state index >= 15 is 0 Å². The van der Waals surface area contributed by atoms with E-state index in [0.29, 0.717) is 80.7 Å². The molecule has 1 aromatic carbocycles. The number of methoxy groups -OCH3 is 2. The van der Waals surface area contributed by atoms with Crippen LogP contribution in [-0.2, 0) is 20.8 Å². The molecule has 0 unspecified atom stereocenters. The second-order valence-electron chi connectivity index (χ2n) is 11.0. The van der Waals surface area contributed by atoms with Crippen molar-refractivity contribution in [3.63, 3.8) is 0 Å². The van der Waals surface area contributed by atoms with Gasteiger partial charge in [-0.1, -0.05) is 6.58 Å². The van der Waals surface area contributed by atoms with Crippen LogP contribution in [0.5, 0.6) is 5.75 Å². The van der Waals surface area contributed by atoms with Gasteiger partial charge in [0.1, 0.15) is 5.75 Å². The molecule has 228 valence electrons. The van der Waals surface area contributed by atoms with Crippen LogP contribution in [0.1, 0.15) is 30.0 Å². The number of aliphatic hydroxyl groups is 1. The van der Waals surface area contributed by atoms with Gasteiger partial charge >= 0.3 is 0 Å². The average Bonchev–Trinajstić information content (AvgIpc) is 3.69. The van der Waals surface area contributed by atoms with Gasteiger partial charge in [-0.3, -0.25) is 9.69 Å². The molecule has 0 spiro atoms. The number of ether oxygens (including phenoxy) is 3. The molecule has 0 radical (unpaired) electrons. The molecule has 13 heteroatoms. The van der Waals surface area contributed by atoms with Crippen LogP contribution in [0, 0.1) is 0 Å². The van der Waals surface area contributed by atoms with E-state index in [0.717, 1.165) is 29.8 Å². The Bertz CT molecular complexity index is 1470. The van der Waals surface area contributed by atoms with Gasteiger partial charge in [0.15, 0.2) is 5.82 Å². The summed E-state index contributed by atoms with van der Waals surface area (Å²) in [5.74, 6) is 1.68. The van der Waals surface area contributed by atoms with E-state index in [9.17, 15) is 9.90 Å². The highest BCUT2D eigenvalue weighted by molar-refractivity contribution is 6.02. The zero-order valence-corrected chi connectivity index (χ0v) is 24.5. The second-order valence-corrected chi connectivity index (χ2v) is 11.0. The fourth-order valence-electron chi connectivity index (χ4n) is 5.64. The number of likely N-dealkylation sites (tertiary alicyclic amines) is 1. The molecule has 2 aromatic heterocycles. The van der Waals surface area contributed by atoms with E-state index in [1.807, 2.05) is 24.4 Å². The summed E-state index contributed by atoms with van der Waals surface area (Å²) in [6.45, 7) is 8.10. The maximum Gasteiger partial charge on any atom is 0.247 e. The van der Waals surface area contributed by atoms with Crippen molar-refractivity contribution >= 4 is 28.9 Å². The molecule has 3 N–H and O–H groups in total. The van der Waals surface area contributed by atoms with Gasteiger partial charge in [-0.05, 0) is 25.0 Å². The molecule has 4 heterocycles. The lowest BCUT2D eigenvalue weighted by Gasteiger charge is -2.31. The Balaban J connectivity index is 1.26. The molecule has 0 bridgehead atoms. The van der Waals surface area contributed by atoms with Crippen LogP contribution in [0.15, 0.2) is 43.2 Å². The largest absolute Gasteiger partial charge is 0.494 e. The fourth-order valence-corrected chi connectivity index (χ4v) is 5.64. The minimum absolute atomic E-state index is 0.180. The minimum atomic E-state index is -0.495. The number of aliphatic hydroxyl groups excluding tert-OH is 1. The van der Waals surface area contributed by atoms with Gasteiger partial charge in [0, 0.05) is 75.8 Å². The van der Waals surface area contributed by atoms with E-state index in [2.05, 4.69) is 32.0 Å². The van der Waals surface area contributed by atoms with Crippen LogP contribution in [0.3, 0.4) is 0 Å². The van der Waals surface area contributed by atoms with Crippen molar-refractivity contribution in [1.29, 1.82) is 0 Å². The van der Waals surface area contributed by atoms with Gasteiger partial charge in [-0.2, -0.15) is 10.1 Å². The van der Waals surface area contributed by atoms with Crippen LogP contribution in [0.2, 0.25) is 0 Å². The molecule has 3 aliphatic rings. The molecule has 1 aliphatic carbocycles. The van der Waals surface area contributed by atoms with Gasteiger partial charge in [-0.25, -0.2) is 9.67 Å². The average molecular weight is 591 g/mol. The molecule has 3 fully saturated rings. The highest BCUT2D eigenvalue weighted by Crippen LogP contribution is 2.42. The summed E-state index contributed by atoms with van der Waals surface area (Å²) in [6.07, 6.45) is 6.50. The number of β-amino-alcohol motifs (C(OH)–C–C–N with tert-alkyl or cyclic N) is 1. The monoisotopic (exact) mass is 590 g/mol. The number of anilines is 4. The van der Waals surface area contributed by atoms with Crippen molar-refractivity contribution in [2.24, 2.45) is 0 Å². The number of morpholine rings is 1. The van der Waals surface area contributed by atoms with Gasteiger partial charge < -0.3 is 34.9 Å². The molecule has 43 heavy (non-hydrogen) atoms. The summed E-state index contributed by atoms with van der Waals surface area (Å²) >= 11 is 0. The Morgan fingerprint density at radius 1 is 1.21 bits per heavy atom. The van der Waals surface area contributed by atoms with Gasteiger partial charge in [0.25, 0.3) is 0 Å². The maximum atomic E-state index is 12.3. The van der Waals surface area contributed by atoms with Crippen molar-refractivity contribution in [3.8, 4) is 11.6 Å². The molecule has 6 rings (SSSR count). The smallest absolute Gasteiger partial charge is 0.247 e. The van der Waals surface area contributed by atoms with E-state index in [1.54, 1.807) is 25.1 Å². The number of carbonyl (C=O) groups is 1. The number of amides is 1. The van der Waals surface area contributed by atoms with Crippen molar-refractivity contribution in [1.82, 2.24) is 24.6 Å². The summed E-state index contributed by atoms with van der Waals surface area (Å²) in [5.41, 5.74) is 4.24. The molecule has 13 nitrogen and oxygen atoms in total. The minimum Gasteiger partial charge on any atom is -0.494 e. The number of hydrogen-bond acceptors (Lipinski definition) is 11. The van der Waals surface area contributed by atoms with Crippen LogP contribution >= 0.6 is 0 Å². The third-order valence-electron chi connectivity index (χ3n) is 8.03. The van der Waals surface area contributed by atoms with Crippen molar-refractivity contribution in [2.75, 3.05) is 69.1 Å². The predicted molar refractivity (Wildman–Crippen MR) is 161 cm³/mol. The Hall–Kier alpha value is -4.04. The first-order valence-electron chi connectivity index (χ1n) is 14.6. The number of hydrogen-bond donors (Lipinski definition) is 3. The number of rotatable bonds is 11. The van der Waals surface area contributed by atoms with Crippen LogP contribution in [-0.4, -0.2) is 101 Å². The molecular formula is C30H38N8O5. The van der Waals surface area contributed by atoms with Crippen LogP contribution in [0.25, 0.3) is 5.82 Å². The third-order valence-corrected chi connectivity index (χ3v) is 8.03. The fraction of sp³-hybridized carbons (Fsp3) is 0.467. The first-order valence-corrected chi connectivity index (χ1v) is 14.6. The number of aromatic nitrogens is 4. The summed E-state index contributed by atoms with van der Waals surface area (Å²) in [4.78, 5) is 25.8. The van der Waals surface area contributed by atoms with E-state index in [-0.39, 0.29) is 12.0 Å². The zero-order chi connectivity index (χ0) is 29.9. The SMILES string of the molecule is C=CC(=O)Nc1cc(Nc2nccc(-n3cc(CN4C[C@H](O)[C@H](OC)C4)c(C4CC4)n3)n2)c(OC)cc1N1CCOCC1. The molecule has 2 atom stereocenters. The van der Waals surface area contributed by atoms with Crippen molar-refractivity contribution < 1.29 is 24.1 Å². The molecule has 1 saturated carbocycles. The number of carbonyl (C=O) groups excluding carboxylic acids is 1. The van der Waals surface area contributed by atoms with Crippen molar-refractivity contribution in [3.05, 3.63) is 54.5 Å². The number of benzene rings is 1. The van der Waals surface area contributed by atoms with Gasteiger partial charge in [-0.15, -0.1) is 0 Å². The predicted octanol–water partition coefficient (Wildman–Crippen LogP) is 2.44. The number of nitrogens with zero attached hydrogens (tertiary/aromatic N) is 6. The molecule has 3 aromatic rings. The summed E-state index contributed by atoms with van der Waals surface area (Å²) in [5, 5.41) is 21.4. The molecular weight excluding hydrogens is 552 g/mol. The Morgan fingerprint density at radius 3 is 2.72 bits per heavy atom. The zero-order valence-electron chi connectivity index (χ0n) is 24.5. The summed E-state index contributed by atoms with van der Waals surface area (Å²) in [7, 11) is 3.24. The van der Waals surface area contributed by atoms with Gasteiger partial charge in [0.05, 0.1) is 55.3 Å². The van der Waals surface area contributed by atoms with E-state index < -0.39 is 6.10 Å². The summed E-state index contributed by atoms with van der Waals surface area (Å²) in [6, 6.07) is 5.52. The van der Waals surface area contributed by atoms with E-state index in [4.69, 9.17) is 24.3 Å². The standard InChI is InChI=1S/C30H38N8O5/c1-4-28(40)32-21-13-22(25(41-2)14-23(21)37-9-11-43-12-10-37)33-30-31-8-7-27(34-30)38-16-20(29(35-38)19-5-6-19)15-36-17-24(39)26(18-36)42-3/h4,7-8,13-14,16,19,24,26,39H,1,5-6,9-12,15,17-18H2,2-3H3,(H,32,40)(H,31,33,34)/t24-,26+/m0/s1. The molecule has 2 aliphatic heterocycles. The lowest BCUT2D eigenvalue weighted by molar-refractivity contribution is -0.111. The first kappa shape index (κ1) is 29.1. The van der Waals surface area contributed by atoms with Crippen LogP contribution < -0.4 is 20.3 Å². The molecule has 2 saturated heterocycles. The highest BCUT2D eigenvalue weighted by Gasteiger charge is 2.34. The first-order chi connectivity index (χ1) is 20.9. The number of nitrogens with one attached hydrogen (secondary N) is 2. The van der Waals surface area contributed by atoms with Crippen LogP contribution in [0.4, 0.5) is 23.0 Å². The topological polar surface area (TPSA) is 139 Å². The lowest BCUT2D eigenvalue weighted by atomic mass is 10.1. The normalized spacial score (nSPS) is 20.7. The third kappa shape index (κ3) is 6.49. The Morgan fingerprint density at radius 2 is 2.02 bits per heavy atom. The van der Waals surface area contributed by atoms with Crippen molar-refractivity contribution in [2.45, 2.75) is 37.5 Å². The maximum absolute atomic E-state index is 12.3. The second kappa shape index (κ2) is 12.7. The Kier molecular flexibility index (Phi) is 8.56. The quantitative estimate of drug-likeness (QED) is 0.284. The highest BCUT2D eigenvalue weighted by atomic mass is 16.5. The molecule has 1 amide bonds. The van der Waals surface area contributed by atoms with E-state index in [1.165, 1.54) is 6.08 Å².